The van der Waals surface area contributed by atoms with Gasteiger partial charge in [-0.1, -0.05) is 175 Å². The monoisotopic (exact) mass is 778 g/mol. The smallest absolute Gasteiger partial charge is 0.0541 e. The van der Waals surface area contributed by atoms with Crippen molar-refractivity contribution >= 4 is 49.6 Å². The molecular weight excluding hydrogens is 737 g/mol. The first kappa shape index (κ1) is 36.2. The Hall–Kier alpha value is -7.94. The van der Waals surface area contributed by atoms with Crippen LogP contribution in [0.2, 0.25) is 0 Å². The van der Waals surface area contributed by atoms with Crippen LogP contribution in [-0.4, -0.2) is 4.57 Å². The van der Waals surface area contributed by atoms with E-state index in [1.807, 2.05) is 0 Å². The fourth-order valence-corrected chi connectivity index (χ4v) is 9.02. The standard InChI is InChI=1S/C59H42N2/c1-41-20-31-51(32-21-41)61-58-19-11-10-18-56(58)57-40-47(30-39-59(57)61)53-38-37-52(54-16-8-9-17-55(53)54)46-24-22-43(23-25-46)45-28-35-50(36-29-45)60(48-14-6-3-7-15-48)49-33-26-44(27-34-49)42-12-4-2-5-13-42/h2-40H,1H3. The van der Waals surface area contributed by atoms with E-state index in [1.165, 1.54) is 88.3 Å². The first-order chi connectivity index (χ1) is 30.2. The van der Waals surface area contributed by atoms with Gasteiger partial charge in [0, 0.05) is 33.5 Å². The Labute approximate surface area is 356 Å². The second-order valence-corrected chi connectivity index (χ2v) is 15.8. The van der Waals surface area contributed by atoms with Crippen molar-refractivity contribution in [2.75, 3.05) is 4.90 Å². The van der Waals surface area contributed by atoms with Crippen LogP contribution in [0.5, 0.6) is 0 Å². The van der Waals surface area contributed by atoms with Gasteiger partial charge in [0.2, 0.25) is 0 Å². The predicted octanol–water partition coefficient (Wildman–Crippen LogP) is 16.4. The third-order valence-electron chi connectivity index (χ3n) is 12.1. The molecule has 61 heavy (non-hydrogen) atoms. The van der Waals surface area contributed by atoms with Crippen molar-refractivity contribution in [1.29, 1.82) is 0 Å². The van der Waals surface area contributed by atoms with Gasteiger partial charge in [-0.05, 0) is 129 Å². The number of aryl methyl sites for hydroxylation is 1. The minimum Gasteiger partial charge on any atom is -0.311 e. The van der Waals surface area contributed by atoms with Gasteiger partial charge in [0.15, 0.2) is 0 Å². The molecule has 1 aromatic heterocycles. The van der Waals surface area contributed by atoms with Gasteiger partial charge >= 0.3 is 0 Å². The van der Waals surface area contributed by atoms with E-state index in [4.69, 9.17) is 0 Å². The molecule has 0 aliphatic rings. The highest BCUT2D eigenvalue weighted by Gasteiger charge is 2.16. The third kappa shape index (κ3) is 6.65. The van der Waals surface area contributed by atoms with Crippen molar-refractivity contribution in [3.8, 4) is 50.2 Å². The minimum absolute atomic E-state index is 1.11. The number of benzene rings is 10. The number of anilines is 3. The third-order valence-corrected chi connectivity index (χ3v) is 12.1. The van der Waals surface area contributed by atoms with E-state index in [0.29, 0.717) is 0 Å². The minimum atomic E-state index is 1.11. The Bertz CT molecular complexity index is 3310. The van der Waals surface area contributed by atoms with Crippen molar-refractivity contribution in [2.24, 2.45) is 0 Å². The molecule has 2 heteroatoms. The molecule has 0 bridgehead atoms. The molecular formula is C59H42N2. The van der Waals surface area contributed by atoms with Gasteiger partial charge in [-0.25, -0.2) is 0 Å². The highest BCUT2D eigenvalue weighted by Crippen LogP contribution is 2.41. The molecule has 0 aliphatic carbocycles. The molecule has 0 atom stereocenters. The van der Waals surface area contributed by atoms with Crippen LogP contribution < -0.4 is 4.90 Å². The highest BCUT2D eigenvalue weighted by molar-refractivity contribution is 6.12. The highest BCUT2D eigenvalue weighted by atomic mass is 15.1. The summed E-state index contributed by atoms with van der Waals surface area (Å²) in [7, 11) is 0. The summed E-state index contributed by atoms with van der Waals surface area (Å²) in [5.74, 6) is 0. The number of rotatable bonds is 8. The van der Waals surface area contributed by atoms with Gasteiger partial charge in [0.25, 0.3) is 0 Å². The molecule has 1 heterocycles. The van der Waals surface area contributed by atoms with Crippen LogP contribution in [0.3, 0.4) is 0 Å². The Morgan fingerprint density at radius 2 is 0.721 bits per heavy atom. The van der Waals surface area contributed by atoms with Crippen molar-refractivity contribution in [2.45, 2.75) is 6.92 Å². The molecule has 0 saturated heterocycles. The van der Waals surface area contributed by atoms with Gasteiger partial charge in [0.05, 0.1) is 11.0 Å². The second-order valence-electron chi connectivity index (χ2n) is 15.8. The molecule has 0 amide bonds. The summed E-state index contributed by atoms with van der Waals surface area (Å²) in [5.41, 5.74) is 17.9. The molecule has 0 spiro atoms. The summed E-state index contributed by atoms with van der Waals surface area (Å²) < 4.78 is 2.39. The fraction of sp³-hybridized carbons (Fsp3) is 0.0169. The van der Waals surface area contributed by atoms with E-state index < -0.39 is 0 Å². The Kier molecular flexibility index (Phi) is 9.09. The zero-order valence-electron chi connectivity index (χ0n) is 33.9. The van der Waals surface area contributed by atoms with E-state index in [1.54, 1.807) is 0 Å². The van der Waals surface area contributed by atoms with Crippen LogP contribution in [-0.2, 0) is 0 Å². The first-order valence-corrected chi connectivity index (χ1v) is 21.0. The molecule has 0 aliphatic heterocycles. The molecule has 0 N–H and O–H groups in total. The Balaban J connectivity index is 0.902. The summed E-state index contributed by atoms with van der Waals surface area (Å²) >= 11 is 0. The summed E-state index contributed by atoms with van der Waals surface area (Å²) in [4.78, 5) is 2.32. The number of aromatic nitrogens is 1. The van der Waals surface area contributed by atoms with E-state index in [9.17, 15) is 0 Å². The molecule has 10 aromatic carbocycles. The van der Waals surface area contributed by atoms with Gasteiger partial charge < -0.3 is 9.47 Å². The lowest BCUT2D eigenvalue weighted by Gasteiger charge is -2.26. The zero-order chi connectivity index (χ0) is 40.7. The van der Waals surface area contributed by atoms with Crippen molar-refractivity contribution in [1.82, 2.24) is 4.57 Å². The molecule has 0 unspecified atom stereocenters. The summed E-state index contributed by atoms with van der Waals surface area (Å²) in [6, 6.07) is 85.9. The van der Waals surface area contributed by atoms with Crippen molar-refractivity contribution in [3.63, 3.8) is 0 Å². The Morgan fingerprint density at radius 3 is 1.33 bits per heavy atom. The fourth-order valence-electron chi connectivity index (χ4n) is 9.02. The summed E-state index contributed by atoms with van der Waals surface area (Å²) in [6.45, 7) is 2.14. The van der Waals surface area contributed by atoms with Crippen LogP contribution in [0.25, 0.3) is 82.8 Å². The molecule has 0 saturated carbocycles. The van der Waals surface area contributed by atoms with Crippen LogP contribution in [0, 0.1) is 6.92 Å². The largest absolute Gasteiger partial charge is 0.311 e. The Morgan fingerprint density at radius 1 is 0.295 bits per heavy atom. The molecule has 288 valence electrons. The normalized spacial score (nSPS) is 11.4. The SMILES string of the molecule is Cc1ccc(-n2c3ccccc3c3cc(-c4ccc(-c5ccc(-c6ccc(N(c7ccccc7)c7ccc(-c8ccccc8)cc7)cc6)cc5)c5ccccc45)ccc32)cc1. The molecule has 0 radical (unpaired) electrons. The van der Waals surface area contributed by atoms with Gasteiger partial charge in [-0.3, -0.25) is 0 Å². The average Bonchev–Trinajstić information content (AvgIpc) is 3.66. The lowest BCUT2D eigenvalue weighted by Crippen LogP contribution is -2.09. The van der Waals surface area contributed by atoms with Gasteiger partial charge in [0.1, 0.15) is 0 Å². The maximum absolute atomic E-state index is 2.39. The maximum Gasteiger partial charge on any atom is 0.0541 e. The lowest BCUT2D eigenvalue weighted by atomic mass is 9.91. The van der Waals surface area contributed by atoms with E-state index in [2.05, 4.69) is 253 Å². The number of hydrogen-bond donors (Lipinski definition) is 0. The van der Waals surface area contributed by atoms with Crippen LogP contribution >= 0.6 is 0 Å². The molecule has 11 aromatic rings. The van der Waals surface area contributed by atoms with E-state index in [-0.39, 0.29) is 0 Å². The van der Waals surface area contributed by atoms with Gasteiger partial charge in [-0.2, -0.15) is 0 Å². The maximum atomic E-state index is 2.39. The predicted molar refractivity (Wildman–Crippen MR) is 259 cm³/mol. The summed E-state index contributed by atoms with van der Waals surface area (Å²) in [5, 5.41) is 5.02. The van der Waals surface area contributed by atoms with Crippen LogP contribution in [0.1, 0.15) is 5.56 Å². The van der Waals surface area contributed by atoms with Crippen molar-refractivity contribution < 1.29 is 0 Å². The molecule has 0 fully saturated rings. The lowest BCUT2D eigenvalue weighted by molar-refractivity contribution is 1.17. The quantitative estimate of drug-likeness (QED) is 0.149. The van der Waals surface area contributed by atoms with Crippen molar-refractivity contribution in [3.05, 3.63) is 242 Å². The van der Waals surface area contributed by atoms with E-state index >= 15 is 0 Å². The van der Waals surface area contributed by atoms with E-state index in [0.717, 1.165) is 17.1 Å². The first-order valence-electron chi connectivity index (χ1n) is 21.0. The van der Waals surface area contributed by atoms with Crippen LogP contribution in [0.15, 0.2) is 237 Å². The van der Waals surface area contributed by atoms with Crippen LogP contribution in [0.4, 0.5) is 17.1 Å². The second kappa shape index (κ2) is 15.3. The molecule has 2 nitrogen and oxygen atoms in total. The molecule has 11 rings (SSSR count). The number of para-hydroxylation sites is 2. The topological polar surface area (TPSA) is 8.17 Å². The summed E-state index contributed by atoms with van der Waals surface area (Å²) in [6.07, 6.45) is 0. The number of nitrogens with zero attached hydrogens (tertiary/aromatic N) is 2. The number of hydrogen-bond acceptors (Lipinski definition) is 1. The number of fused-ring (bicyclic) bond motifs is 4. The zero-order valence-corrected chi connectivity index (χ0v) is 33.9. The average molecular weight is 779 g/mol. The van der Waals surface area contributed by atoms with Gasteiger partial charge in [-0.15, -0.1) is 0 Å².